The van der Waals surface area contributed by atoms with Gasteiger partial charge in [-0.25, -0.2) is 9.59 Å². The molecule has 0 spiro atoms. The number of carbonyl (C=O) groups is 2. The summed E-state index contributed by atoms with van der Waals surface area (Å²) in [6.45, 7) is 3.29. The second kappa shape index (κ2) is 8.41. The summed E-state index contributed by atoms with van der Waals surface area (Å²) in [5, 5.41) is 17.7. The summed E-state index contributed by atoms with van der Waals surface area (Å²) in [5.74, 6) is -1.03. The van der Waals surface area contributed by atoms with Crippen LogP contribution in [0, 0.1) is 0 Å². The third-order valence-corrected chi connectivity index (χ3v) is 2.90. The fourth-order valence-corrected chi connectivity index (χ4v) is 1.92. The van der Waals surface area contributed by atoms with E-state index >= 15 is 0 Å². The Morgan fingerprint density at radius 3 is 2.50 bits per heavy atom. The first kappa shape index (κ1) is 15.2. The van der Waals surface area contributed by atoms with E-state index in [2.05, 4.69) is 4.74 Å². The van der Waals surface area contributed by atoms with E-state index < -0.39 is 24.1 Å². The Kier molecular flexibility index (Phi) is 8.01. The van der Waals surface area contributed by atoms with Gasteiger partial charge in [-0.3, -0.25) is 0 Å². The summed E-state index contributed by atoms with van der Waals surface area (Å²) < 4.78 is 4.64. The third-order valence-electron chi connectivity index (χ3n) is 1.79. The number of carbonyl (C=O) groups excluding carboxylic acids is 1. The number of thioether (sulfide) groups is 1. The highest BCUT2D eigenvalue weighted by Crippen LogP contribution is 2.09. The van der Waals surface area contributed by atoms with Gasteiger partial charge in [0.1, 0.15) is 6.10 Å². The van der Waals surface area contributed by atoms with Crippen molar-refractivity contribution in [3.63, 3.8) is 0 Å². The quantitative estimate of drug-likeness (QED) is 0.492. The van der Waals surface area contributed by atoms with Crippen LogP contribution in [0.1, 0.15) is 26.7 Å². The molecule has 0 saturated carbocycles. The van der Waals surface area contributed by atoms with Crippen molar-refractivity contribution in [1.82, 2.24) is 0 Å². The standard InChI is InChI=1S/C10H18O5S/c1-3-4-5-16-6-8(9(12)13)15-10(14)7(2)11/h7-8,11H,3-6H2,1-2H3,(H,12,13). The Hall–Kier alpha value is -0.750. The van der Waals surface area contributed by atoms with Crippen LogP contribution in [0.2, 0.25) is 0 Å². The smallest absolute Gasteiger partial charge is 0.345 e. The van der Waals surface area contributed by atoms with Crippen molar-refractivity contribution in [1.29, 1.82) is 0 Å². The minimum absolute atomic E-state index is 0.216. The lowest BCUT2D eigenvalue weighted by molar-refractivity contribution is -0.167. The topological polar surface area (TPSA) is 83.8 Å². The van der Waals surface area contributed by atoms with E-state index in [4.69, 9.17) is 10.2 Å². The fourth-order valence-electron chi connectivity index (χ4n) is 0.831. The molecule has 0 saturated heterocycles. The first-order chi connectivity index (χ1) is 7.49. The number of hydrogen-bond acceptors (Lipinski definition) is 5. The molecule has 2 N–H and O–H groups in total. The largest absolute Gasteiger partial charge is 0.478 e. The van der Waals surface area contributed by atoms with Crippen LogP contribution in [0.5, 0.6) is 0 Å². The van der Waals surface area contributed by atoms with E-state index in [0.29, 0.717) is 0 Å². The average Bonchev–Trinajstić information content (AvgIpc) is 2.21. The summed E-state index contributed by atoms with van der Waals surface area (Å²) in [5.41, 5.74) is 0. The van der Waals surface area contributed by atoms with E-state index in [0.717, 1.165) is 18.6 Å². The Morgan fingerprint density at radius 1 is 1.44 bits per heavy atom. The molecule has 6 heteroatoms. The second-order valence-corrected chi connectivity index (χ2v) is 4.52. The van der Waals surface area contributed by atoms with E-state index in [1.54, 1.807) is 0 Å². The molecule has 0 aromatic carbocycles. The van der Waals surface area contributed by atoms with Crippen LogP contribution in [0.15, 0.2) is 0 Å². The van der Waals surface area contributed by atoms with Gasteiger partial charge in [0.2, 0.25) is 6.10 Å². The predicted molar refractivity (Wildman–Crippen MR) is 61.4 cm³/mol. The number of carboxylic acids is 1. The summed E-state index contributed by atoms with van der Waals surface area (Å²) in [6.07, 6.45) is -0.425. The van der Waals surface area contributed by atoms with E-state index in [1.807, 2.05) is 6.92 Å². The molecule has 2 atom stereocenters. The van der Waals surface area contributed by atoms with Crippen LogP contribution in [-0.4, -0.2) is 45.9 Å². The maximum Gasteiger partial charge on any atom is 0.345 e. The van der Waals surface area contributed by atoms with Gasteiger partial charge in [0.15, 0.2) is 0 Å². The van der Waals surface area contributed by atoms with Gasteiger partial charge in [0.05, 0.1) is 0 Å². The summed E-state index contributed by atoms with van der Waals surface area (Å²) >= 11 is 1.43. The third kappa shape index (κ3) is 6.68. The first-order valence-electron chi connectivity index (χ1n) is 5.18. The van der Waals surface area contributed by atoms with Gasteiger partial charge in [-0.05, 0) is 19.1 Å². The van der Waals surface area contributed by atoms with Gasteiger partial charge < -0.3 is 14.9 Å². The molecule has 0 aromatic rings. The number of aliphatic hydroxyl groups excluding tert-OH is 1. The normalized spacial score (nSPS) is 14.2. The van der Waals surface area contributed by atoms with Crippen LogP contribution >= 0.6 is 11.8 Å². The molecule has 0 radical (unpaired) electrons. The number of carboxylic acid groups (broad SMARTS) is 1. The lowest BCUT2D eigenvalue weighted by atomic mass is 10.4. The lowest BCUT2D eigenvalue weighted by Crippen LogP contribution is -2.33. The Morgan fingerprint density at radius 2 is 2.06 bits per heavy atom. The lowest BCUT2D eigenvalue weighted by Gasteiger charge is -2.14. The molecule has 0 aliphatic carbocycles. The molecule has 0 amide bonds. The predicted octanol–water partition coefficient (Wildman–Crippen LogP) is 0.897. The van der Waals surface area contributed by atoms with Crippen LogP contribution in [0.25, 0.3) is 0 Å². The van der Waals surface area contributed by atoms with Crippen molar-refractivity contribution < 1.29 is 24.5 Å². The zero-order chi connectivity index (χ0) is 12.6. The molecule has 2 unspecified atom stereocenters. The molecule has 0 aromatic heterocycles. The van der Waals surface area contributed by atoms with Crippen molar-refractivity contribution in [2.75, 3.05) is 11.5 Å². The minimum atomic E-state index is -1.29. The average molecular weight is 250 g/mol. The highest BCUT2D eigenvalue weighted by atomic mass is 32.2. The number of aliphatic carboxylic acids is 1. The van der Waals surface area contributed by atoms with E-state index in [1.165, 1.54) is 18.7 Å². The van der Waals surface area contributed by atoms with Crippen LogP contribution in [0.3, 0.4) is 0 Å². The first-order valence-corrected chi connectivity index (χ1v) is 6.33. The molecule has 94 valence electrons. The molecule has 0 heterocycles. The Bertz CT molecular complexity index is 229. The molecule has 0 fully saturated rings. The van der Waals surface area contributed by atoms with Gasteiger partial charge in [-0.2, -0.15) is 11.8 Å². The van der Waals surface area contributed by atoms with Crippen molar-refractivity contribution in [3.8, 4) is 0 Å². The molecular weight excluding hydrogens is 232 g/mol. The zero-order valence-corrected chi connectivity index (χ0v) is 10.3. The molecule has 0 aliphatic heterocycles. The van der Waals surface area contributed by atoms with Crippen molar-refractivity contribution in [3.05, 3.63) is 0 Å². The molecule has 16 heavy (non-hydrogen) atoms. The number of hydrogen-bond donors (Lipinski definition) is 2. The Labute approximate surface area is 99.2 Å². The molecule has 0 rings (SSSR count). The fraction of sp³-hybridized carbons (Fsp3) is 0.800. The van der Waals surface area contributed by atoms with Crippen molar-refractivity contribution in [2.45, 2.75) is 38.9 Å². The molecular formula is C10H18O5S. The highest BCUT2D eigenvalue weighted by Gasteiger charge is 2.24. The van der Waals surface area contributed by atoms with Gasteiger partial charge >= 0.3 is 11.9 Å². The van der Waals surface area contributed by atoms with Gasteiger partial charge in [0.25, 0.3) is 0 Å². The van der Waals surface area contributed by atoms with Gasteiger partial charge in [0, 0.05) is 5.75 Å². The number of unbranched alkanes of at least 4 members (excludes halogenated alkanes) is 1. The van der Waals surface area contributed by atoms with Crippen LogP contribution < -0.4 is 0 Å². The zero-order valence-electron chi connectivity index (χ0n) is 9.51. The molecule has 5 nitrogen and oxygen atoms in total. The number of rotatable bonds is 8. The van der Waals surface area contributed by atoms with Crippen molar-refractivity contribution >= 4 is 23.7 Å². The van der Waals surface area contributed by atoms with E-state index in [-0.39, 0.29) is 5.75 Å². The second-order valence-electron chi connectivity index (χ2n) is 3.37. The monoisotopic (exact) mass is 250 g/mol. The molecule has 0 bridgehead atoms. The van der Waals surface area contributed by atoms with Gasteiger partial charge in [-0.1, -0.05) is 13.3 Å². The Balaban J connectivity index is 3.98. The summed E-state index contributed by atoms with van der Waals surface area (Å²) in [6, 6.07) is 0. The minimum Gasteiger partial charge on any atom is -0.478 e. The van der Waals surface area contributed by atoms with E-state index in [9.17, 15) is 9.59 Å². The van der Waals surface area contributed by atoms with Crippen LogP contribution in [0.4, 0.5) is 0 Å². The number of esters is 1. The number of aliphatic hydroxyl groups is 1. The van der Waals surface area contributed by atoms with Gasteiger partial charge in [-0.15, -0.1) is 0 Å². The van der Waals surface area contributed by atoms with Crippen LogP contribution in [-0.2, 0) is 14.3 Å². The maximum atomic E-state index is 11.0. The maximum absolute atomic E-state index is 11.0. The number of ether oxygens (including phenoxy) is 1. The van der Waals surface area contributed by atoms with Crippen molar-refractivity contribution in [2.24, 2.45) is 0 Å². The molecule has 0 aliphatic rings. The summed E-state index contributed by atoms with van der Waals surface area (Å²) in [7, 11) is 0. The highest BCUT2D eigenvalue weighted by molar-refractivity contribution is 7.99. The SMILES string of the molecule is CCCCSCC(OC(=O)C(C)O)C(=O)O. The summed E-state index contributed by atoms with van der Waals surface area (Å²) in [4.78, 5) is 21.8.